The van der Waals surface area contributed by atoms with Crippen molar-refractivity contribution in [2.45, 2.75) is 24.9 Å². The van der Waals surface area contributed by atoms with Gasteiger partial charge in [-0.2, -0.15) is 0 Å². The highest BCUT2D eigenvalue weighted by atomic mass is 32.1. The molecule has 1 spiro atoms. The van der Waals surface area contributed by atoms with Gasteiger partial charge in [0, 0.05) is 31.7 Å². The molecule has 2 aliphatic rings. The molecule has 2 aliphatic heterocycles. The lowest BCUT2D eigenvalue weighted by atomic mass is 9.94. The van der Waals surface area contributed by atoms with E-state index < -0.39 is 5.60 Å². The van der Waals surface area contributed by atoms with Crippen molar-refractivity contribution < 1.29 is 14.3 Å². The third kappa shape index (κ3) is 2.67. The number of hydrogen-bond acceptors (Lipinski definition) is 5. The third-order valence-corrected chi connectivity index (χ3v) is 4.91. The summed E-state index contributed by atoms with van der Waals surface area (Å²) < 4.78 is 5.86. The number of aromatic nitrogens is 1. The van der Waals surface area contributed by atoms with Crippen LogP contribution in [0.15, 0.2) is 11.6 Å². The molecule has 0 aliphatic carbocycles. The van der Waals surface area contributed by atoms with Crippen LogP contribution in [0.4, 0.5) is 0 Å². The van der Waals surface area contributed by atoms with E-state index in [1.807, 2.05) is 0 Å². The van der Waals surface area contributed by atoms with Crippen molar-refractivity contribution in [2.75, 3.05) is 33.3 Å². The second kappa shape index (κ2) is 5.73. The first-order chi connectivity index (χ1) is 10.1. The van der Waals surface area contributed by atoms with Gasteiger partial charge in [0.15, 0.2) is 10.6 Å². The summed E-state index contributed by atoms with van der Waals surface area (Å²) in [5.41, 5.74) is -0.865. The molecule has 3 heterocycles. The van der Waals surface area contributed by atoms with E-state index in [0.29, 0.717) is 31.1 Å². The highest BCUT2D eigenvalue weighted by Crippen LogP contribution is 2.30. The maximum absolute atomic E-state index is 12.6. The Morgan fingerprint density at radius 2 is 2.29 bits per heavy atom. The molecule has 0 bridgehead atoms. The largest absolute Gasteiger partial charge is 0.361 e. The first-order valence-corrected chi connectivity index (χ1v) is 8.09. The normalized spacial score (nSPS) is 27.0. The Hall–Kier alpha value is -1.47. The van der Waals surface area contributed by atoms with E-state index in [1.54, 1.807) is 28.4 Å². The summed E-state index contributed by atoms with van der Waals surface area (Å²) in [6.45, 7) is 1.99. The molecule has 3 rings (SSSR count). The van der Waals surface area contributed by atoms with Gasteiger partial charge in [0.1, 0.15) is 0 Å². The predicted molar refractivity (Wildman–Crippen MR) is 78.2 cm³/mol. The highest BCUT2D eigenvalue weighted by Gasteiger charge is 2.47. The SMILES string of the molecule is CN1CCCCC2(CN(C(=O)c3nccs3)CCO2)C1=O. The van der Waals surface area contributed by atoms with Crippen LogP contribution in [0.2, 0.25) is 0 Å². The van der Waals surface area contributed by atoms with E-state index in [-0.39, 0.29) is 11.8 Å². The molecule has 2 fully saturated rings. The van der Waals surface area contributed by atoms with Gasteiger partial charge in [0.25, 0.3) is 11.8 Å². The number of hydrogen-bond donors (Lipinski definition) is 0. The Morgan fingerprint density at radius 3 is 3.05 bits per heavy atom. The third-order valence-electron chi connectivity index (χ3n) is 4.15. The number of thiazole rings is 1. The van der Waals surface area contributed by atoms with E-state index in [1.165, 1.54) is 11.3 Å². The summed E-state index contributed by atoms with van der Waals surface area (Å²) >= 11 is 1.33. The summed E-state index contributed by atoms with van der Waals surface area (Å²) in [4.78, 5) is 32.6. The first-order valence-electron chi connectivity index (χ1n) is 7.21. The van der Waals surface area contributed by atoms with Crippen LogP contribution in [-0.2, 0) is 9.53 Å². The van der Waals surface area contributed by atoms with Crippen LogP contribution in [-0.4, -0.2) is 65.5 Å². The van der Waals surface area contributed by atoms with Crippen LogP contribution in [0.3, 0.4) is 0 Å². The zero-order chi connectivity index (χ0) is 14.9. The van der Waals surface area contributed by atoms with Gasteiger partial charge in [0.2, 0.25) is 0 Å². The molecule has 1 aromatic rings. The lowest BCUT2D eigenvalue weighted by Crippen LogP contribution is -2.60. The number of amides is 2. The Bertz CT molecular complexity index is 534. The smallest absolute Gasteiger partial charge is 0.283 e. The maximum atomic E-state index is 12.6. The van der Waals surface area contributed by atoms with Crippen molar-refractivity contribution in [2.24, 2.45) is 0 Å². The minimum atomic E-state index is -0.865. The van der Waals surface area contributed by atoms with Crippen LogP contribution in [0.25, 0.3) is 0 Å². The minimum absolute atomic E-state index is 0.00311. The van der Waals surface area contributed by atoms with Crippen molar-refractivity contribution in [3.05, 3.63) is 16.6 Å². The molecular formula is C14H19N3O3S. The van der Waals surface area contributed by atoms with Crippen molar-refractivity contribution >= 4 is 23.2 Å². The van der Waals surface area contributed by atoms with Crippen molar-refractivity contribution in [3.63, 3.8) is 0 Å². The van der Waals surface area contributed by atoms with E-state index in [0.717, 1.165) is 19.4 Å². The Balaban J connectivity index is 1.81. The van der Waals surface area contributed by atoms with Crippen LogP contribution in [0.5, 0.6) is 0 Å². The molecule has 0 radical (unpaired) electrons. The highest BCUT2D eigenvalue weighted by molar-refractivity contribution is 7.11. The number of carbonyl (C=O) groups excluding carboxylic acids is 2. The van der Waals surface area contributed by atoms with Gasteiger partial charge in [-0.1, -0.05) is 0 Å². The van der Waals surface area contributed by atoms with E-state index in [2.05, 4.69) is 4.98 Å². The standard InChI is InChI=1S/C14H19N3O3S/c1-16-6-3-2-4-14(13(16)19)10-17(7-8-20-14)12(18)11-15-5-9-21-11/h5,9H,2-4,6-8,10H2,1H3. The number of rotatable bonds is 1. The molecule has 1 aromatic heterocycles. The molecule has 1 atom stereocenters. The fraction of sp³-hybridized carbons (Fsp3) is 0.643. The van der Waals surface area contributed by atoms with E-state index >= 15 is 0 Å². The zero-order valence-electron chi connectivity index (χ0n) is 12.1. The van der Waals surface area contributed by atoms with Crippen LogP contribution < -0.4 is 0 Å². The monoisotopic (exact) mass is 309 g/mol. The summed E-state index contributed by atoms with van der Waals surface area (Å²) in [5, 5.41) is 2.26. The number of ether oxygens (including phenoxy) is 1. The van der Waals surface area contributed by atoms with Crippen molar-refractivity contribution in [1.82, 2.24) is 14.8 Å². The van der Waals surface area contributed by atoms with Gasteiger partial charge in [-0.05, 0) is 19.3 Å². The quantitative estimate of drug-likeness (QED) is 0.776. The average Bonchev–Trinajstić information content (AvgIpc) is 3.00. The molecule has 2 saturated heterocycles. The minimum Gasteiger partial charge on any atom is -0.361 e. The summed E-state index contributed by atoms with van der Waals surface area (Å²) in [6, 6.07) is 0. The van der Waals surface area contributed by atoms with Gasteiger partial charge in [-0.25, -0.2) is 4.98 Å². The first kappa shape index (κ1) is 14.5. The fourth-order valence-corrected chi connectivity index (χ4v) is 3.62. The number of likely N-dealkylation sites (tertiary alicyclic amines) is 1. The zero-order valence-corrected chi connectivity index (χ0v) is 12.9. The fourth-order valence-electron chi connectivity index (χ4n) is 3.02. The topological polar surface area (TPSA) is 62.7 Å². The molecule has 0 aromatic carbocycles. The second-order valence-electron chi connectivity index (χ2n) is 5.59. The maximum Gasteiger partial charge on any atom is 0.283 e. The van der Waals surface area contributed by atoms with Gasteiger partial charge in [0.05, 0.1) is 13.2 Å². The number of likely N-dealkylation sites (N-methyl/N-ethyl adjacent to an activating group) is 1. The molecule has 0 N–H and O–H groups in total. The van der Waals surface area contributed by atoms with Crippen LogP contribution in [0.1, 0.15) is 29.1 Å². The molecular weight excluding hydrogens is 290 g/mol. The lowest BCUT2D eigenvalue weighted by Gasteiger charge is -2.41. The lowest BCUT2D eigenvalue weighted by molar-refractivity contribution is -0.166. The molecule has 7 heteroatoms. The summed E-state index contributed by atoms with van der Waals surface area (Å²) in [6.07, 6.45) is 4.22. The number of carbonyl (C=O) groups is 2. The molecule has 6 nitrogen and oxygen atoms in total. The van der Waals surface area contributed by atoms with E-state index in [9.17, 15) is 9.59 Å². The second-order valence-corrected chi connectivity index (χ2v) is 6.49. The Labute approximate surface area is 127 Å². The predicted octanol–water partition coefficient (Wildman–Crippen LogP) is 0.997. The van der Waals surface area contributed by atoms with Crippen molar-refractivity contribution in [1.29, 1.82) is 0 Å². The van der Waals surface area contributed by atoms with Gasteiger partial charge >= 0.3 is 0 Å². The van der Waals surface area contributed by atoms with Crippen molar-refractivity contribution in [3.8, 4) is 0 Å². The van der Waals surface area contributed by atoms with Crippen LogP contribution in [0, 0.1) is 0 Å². The Kier molecular flexibility index (Phi) is 3.95. The summed E-state index contributed by atoms with van der Waals surface area (Å²) in [5.74, 6) is -0.107. The van der Waals surface area contributed by atoms with Gasteiger partial charge in [-0.3, -0.25) is 9.59 Å². The number of morpholine rings is 1. The molecule has 2 amide bonds. The van der Waals surface area contributed by atoms with E-state index in [4.69, 9.17) is 4.74 Å². The summed E-state index contributed by atoms with van der Waals surface area (Å²) in [7, 11) is 1.81. The molecule has 1 unspecified atom stereocenters. The Morgan fingerprint density at radius 1 is 1.43 bits per heavy atom. The molecule has 114 valence electrons. The van der Waals surface area contributed by atoms with Gasteiger partial charge < -0.3 is 14.5 Å². The average molecular weight is 309 g/mol. The van der Waals surface area contributed by atoms with Crippen LogP contribution >= 0.6 is 11.3 Å². The molecule has 0 saturated carbocycles. The molecule has 21 heavy (non-hydrogen) atoms. The number of nitrogens with zero attached hydrogens (tertiary/aromatic N) is 3. The van der Waals surface area contributed by atoms with Gasteiger partial charge in [-0.15, -0.1) is 11.3 Å².